The fourth-order valence-corrected chi connectivity index (χ4v) is 1.21. The number of rotatable bonds is 1. The maximum atomic E-state index is 9.76. The predicted molar refractivity (Wildman–Crippen MR) is 50.8 cm³/mol. The summed E-state index contributed by atoms with van der Waals surface area (Å²) in [5, 5.41) is 9.76. The van der Waals surface area contributed by atoms with Gasteiger partial charge < -0.3 is 5.11 Å². The highest BCUT2D eigenvalue weighted by Crippen LogP contribution is 2.10. The lowest BCUT2D eigenvalue weighted by molar-refractivity contribution is -0.600. The smallest absolute Gasteiger partial charge is 0.378 e. The molecule has 0 atom stereocenters. The Morgan fingerprint density at radius 1 is 1.00 bits per heavy atom. The van der Waals surface area contributed by atoms with Gasteiger partial charge in [-0.05, 0) is 12.2 Å². The summed E-state index contributed by atoms with van der Waals surface area (Å²) in [4.78, 5) is 0. The van der Waals surface area contributed by atoms with Crippen LogP contribution in [0.15, 0.2) is 60.5 Å². The molecule has 0 aromatic carbocycles. The van der Waals surface area contributed by atoms with Crippen LogP contribution in [0.5, 0.6) is 0 Å². The number of aliphatic hydroxyl groups excluding tert-OH is 1. The van der Waals surface area contributed by atoms with E-state index in [9.17, 15) is 5.11 Å². The van der Waals surface area contributed by atoms with Crippen LogP contribution in [0, 0.1) is 0 Å². The lowest BCUT2D eigenvalue weighted by Crippen LogP contribution is -2.31. The van der Waals surface area contributed by atoms with Gasteiger partial charge in [0.15, 0.2) is 12.4 Å². The van der Waals surface area contributed by atoms with Gasteiger partial charge in [0.2, 0.25) is 0 Å². The summed E-state index contributed by atoms with van der Waals surface area (Å²) in [6, 6.07) is 5.66. The number of allylic oxidation sites excluding steroid dienone is 5. The molecule has 0 saturated heterocycles. The molecular formula is C11H10NO+. The molecule has 13 heavy (non-hydrogen) atoms. The minimum absolute atomic E-state index is 0.255. The Morgan fingerprint density at radius 2 is 1.62 bits per heavy atom. The normalized spacial score (nSPS) is 13.7. The molecule has 2 nitrogen and oxygen atoms in total. The van der Waals surface area contributed by atoms with Crippen molar-refractivity contribution < 1.29 is 9.67 Å². The molecule has 1 aromatic rings. The average molecular weight is 172 g/mol. The minimum atomic E-state index is 0.255. The van der Waals surface area contributed by atoms with Gasteiger partial charge in [-0.15, -0.1) is 4.57 Å². The fourth-order valence-electron chi connectivity index (χ4n) is 1.21. The summed E-state index contributed by atoms with van der Waals surface area (Å²) in [7, 11) is 0. The third-order valence-electron chi connectivity index (χ3n) is 1.88. The van der Waals surface area contributed by atoms with Gasteiger partial charge in [-0.2, -0.15) is 0 Å². The third-order valence-corrected chi connectivity index (χ3v) is 1.88. The zero-order valence-electron chi connectivity index (χ0n) is 7.09. The molecule has 1 heterocycles. The van der Waals surface area contributed by atoms with Crippen molar-refractivity contribution in [3.8, 4) is 0 Å². The molecule has 0 amide bonds. The second kappa shape index (κ2) is 3.27. The summed E-state index contributed by atoms with van der Waals surface area (Å²) < 4.78 is 1.68. The van der Waals surface area contributed by atoms with Gasteiger partial charge >= 0.3 is 5.88 Å². The highest BCUT2D eigenvalue weighted by Gasteiger charge is 2.11. The molecule has 0 radical (unpaired) electrons. The van der Waals surface area contributed by atoms with Crippen molar-refractivity contribution >= 4 is 5.88 Å². The Morgan fingerprint density at radius 3 is 2.23 bits per heavy atom. The lowest BCUT2D eigenvalue weighted by Gasteiger charge is -1.93. The highest BCUT2D eigenvalue weighted by atomic mass is 16.3. The van der Waals surface area contributed by atoms with Gasteiger partial charge in [-0.3, -0.25) is 0 Å². The summed E-state index contributed by atoms with van der Waals surface area (Å²) in [6.45, 7) is 0. The van der Waals surface area contributed by atoms with Crippen LogP contribution in [0.2, 0.25) is 0 Å². The molecule has 64 valence electrons. The van der Waals surface area contributed by atoms with Crippen LogP contribution in [0.3, 0.4) is 0 Å². The summed E-state index contributed by atoms with van der Waals surface area (Å²) in [5.74, 6) is 0.255. The Labute approximate surface area is 76.8 Å². The third kappa shape index (κ3) is 1.51. The maximum absolute atomic E-state index is 9.76. The molecule has 0 aliphatic heterocycles. The molecule has 0 spiro atoms. The Kier molecular flexibility index (Phi) is 1.96. The summed E-state index contributed by atoms with van der Waals surface area (Å²) in [6.07, 6.45) is 11.2. The molecule has 2 heteroatoms. The number of aliphatic hydroxyl groups is 1. The van der Waals surface area contributed by atoms with Crippen molar-refractivity contribution in [2.24, 2.45) is 0 Å². The quantitative estimate of drug-likeness (QED) is 0.507. The van der Waals surface area contributed by atoms with Gasteiger partial charge in [0, 0.05) is 12.1 Å². The van der Waals surface area contributed by atoms with Crippen LogP contribution in [0.25, 0.3) is 5.88 Å². The Hall–Kier alpha value is -1.83. The van der Waals surface area contributed by atoms with Gasteiger partial charge in [-0.1, -0.05) is 18.2 Å². The van der Waals surface area contributed by atoms with E-state index >= 15 is 0 Å². The van der Waals surface area contributed by atoms with Gasteiger partial charge in [-0.25, -0.2) is 0 Å². The van der Waals surface area contributed by atoms with Crippen molar-refractivity contribution in [3.63, 3.8) is 0 Å². The van der Waals surface area contributed by atoms with Crippen molar-refractivity contribution in [1.29, 1.82) is 0 Å². The topological polar surface area (TPSA) is 24.1 Å². The number of nitrogens with zero attached hydrogens (tertiary/aromatic N) is 1. The van der Waals surface area contributed by atoms with E-state index in [-0.39, 0.29) is 5.88 Å². The first-order chi connectivity index (χ1) is 6.38. The van der Waals surface area contributed by atoms with E-state index in [1.807, 2.05) is 54.9 Å². The van der Waals surface area contributed by atoms with E-state index in [0.29, 0.717) is 0 Å². The first-order valence-corrected chi connectivity index (χ1v) is 4.12. The van der Waals surface area contributed by atoms with Crippen LogP contribution in [-0.2, 0) is 0 Å². The van der Waals surface area contributed by atoms with Crippen LogP contribution < -0.4 is 4.57 Å². The first kappa shape index (κ1) is 7.80. The summed E-state index contributed by atoms with van der Waals surface area (Å²) in [5.41, 5.74) is 0.830. The summed E-state index contributed by atoms with van der Waals surface area (Å²) >= 11 is 0. The Bertz CT molecular complexity index is 374. The minimum Gasteiger partial charge on any atom is -0.459 e. The molecule has 0 bridgehead atoms. The molecule has 1 aliphatic rings. The Balaban J connectivity index is 2.43. The van der Waals surface area contributed by atoms with E-state index in [0.717, 1.165) is 5.57 Å². The highest BCUT2D eigenvalue weighted by molar-refractivity contribution is 5.51. The zero-order valence-corrected chi connectivity index (χ0v) is 7.09. The second-order valence-electron chi connectivity index (χ2n) is 2.78. The molecule has 0 unspecified atom stereocenters. The van der Waals surface area contributed by atoms with Gasteiger partial charge in [0.1, 0.15) is 0 Å². The maximum Gasteiger partial charge on any atom is 0.378 e. The molecule has 1 N–H and O–H groups in total. The molecular weight excluding hydrogens is 162 g/mol. The van der Waals surface area contributed by atoms with Crippen molar-refractivity contribution in [3.05, 3.63) is 60.5 Å². The number of aromatic nitrogens is 1. The standard InChI is InChI=1S/C11H9NO/c13-11(10-6-2-3-7-10)12-8-4-1-5-9-12/h1-9H/p+1. The van der Waals surface area contributed by atoms with Crippen LogP contribution in [0.4, 0.5) is 0 Å². The van der Waals surface area contributed by atoms with Crippen molar-refractivity contribution in [2.75, 3.05) is 0 Å². The van der Waals surface area contributed by atoms with E-state index < -0.39 is 0 Å². The molecule has 2 rings (SSSR count). The van der Waals surface area contributed by atoms with Crippen molar-refractivity contribution in [1.82, 2.24) is 0 Å². The first-order valence-electron chi connectivity index (χ1n) is 4.12. The van der Waals surface area contributed by atoms with Crippen LogP contribution in [0.1, 0.15) is 0 Å². The monoisotopic (exact) mass is 172 g/mol. The van der Waals surface area contributed by atoms with E-state index in [4.69, 9.17) is 0 Å². The second-order valence-corrected chi connectivity index (χ2v) is 2.78. The fraction of sp³-hybridized carbons (Fsp3) is 0. The number of hydrogen-bond acceptors (Lipinski definition) is 1. The van der Waals surface area contributed by atoms with Crippen molar-refractivity contribution in [2.45, 2.75) is 0 Å². The van der Waals surface area contributed by atoms with E-state index in [2.05, 4.69) is 0 Å². The van der Waals surface area contributed by atoms with Crippen LogP contribution >= 0.6 is 0 Å². The number of hydrogen-bond donors (Lipinski definition) is 1. The SMILES string of the molecule is OC(=C1C=CC=C1)[n+]1ccccc1. The van der Waals surface area contributed by atoms with Gasteiger partial charge in [0.25, 0.3) is 0 Å². The lowest BCUT2D eigenvalue weighted by atomic mass is 10.3. The van der Waals surface area contributed by atoms with E-state index in [1.165, 1.54) is 0 Å². The number of pyridine rings is 1. The molecule has 1 aliphatic carbocycles. The predicted octanol–water partition coefficient (Wildman–Crippen LogP) is 1.83. The average Bonchev–Trinajstić information content (AvgIpc) is 2.71. The van der Waals surface area contributed by atoms with E-state index in [1.54, 1.807) is 4.57 Å². The molecule has 0 saturated carbocycles. The molecule has 0 fully saturated rings. The van der Waals surface area contributed by atoms with Gasteiger partial charge in [0.05, 0.1) is 5.57 Å². The largest absolute Gasteiger partial charge is 0.459 e. The zero-order chi connectivity index (χ0) is 9.10. The van der Waals surface area contributed by atoms with Crippen LogP contribution in [-0.4, -0.2) is 5.11 Å². The molecule has 1 aromatic heterocycles.